The van der Waals surface area contributed by atoms with Gasteiger partial charge < -0.3 is 10.6 Å². The zero-order valence-electron chi connectivity index (χ0n) is 10.2. The molecule has 0 aliphatic heterocycles. The summed E-state index contributed by atoms with van der Waals surface area (Å²) in [5.41, 5.74) is 2.14. The highest BCUT2D eigenvalue weighted by Crippen LogP contribution is 2.13. The van der Waals surface area contributed by atoms with E-state index >= 15 is 0 Å². The first-order chi connectivity index (χ1) is 8.19. The van der Waals surface area contributed by atoms with Crippen LogP contribution in [0.1, 0.15) is 11.1 Å². The van der Waals surface area contributed by atoms with Crippen LogP contribution >= 0.6 is 0 Å². The molecule has 0 aliphatic carbocycles. The first kappa shape index (κ1) is 11.4. The van der Waals surface area contributed by atoms with Gasteiger partial charge in [-0.1, -0.05) is 0 Å². The van der Waals surface area contributed by atoms with Gasteiger partial charge in [-0.3, -0.25) is 4.68 Å². The average molecular weight is 232 g/mol. The number of nitrogens with zero attached hydrogens (tertiary/aromatic N) is 4. The van der Waals surface area contributed by atoms with Crippen LogP contribution in [-0.4, -0.2) is 26.8 Å². The fraction of sp³-hybridized carbons (Fsp3) is 0.364. The van der Waals surface area contributed by atoms with E-state index in [2.05, 4.69) is 25.7 Å². The Kier molecular flexibility index (Phi) is 3.22. The van der Waals surface area contributed by atoms with Crippen molar-refractivity contribution in [2.75, 3.05) is 17.7 Å². The summed E-state index contributed by atoms with van der Waals surface area (Å²) in [5, 5.41) is 10.3. The van der Waals surface area contributed by atoms with Crippen molar-refractivity contribution in [1.82, 2.24) is 19.7 Å². The van der Waals surface area contributed by atoms with E-state index < -0.39 is 0 Å². The lowest BCUT2D eigenvalue weighted by Crippen LogP contribution is -2.05. The van der Waals surface area contributed by atoms with Crippen LogP contribution in [0.15, 0.2) is 18.6 Å². The standard InChI is InChI=1S/C11H16N6/c1-8-4-14-11(12-2)16-10(8)13-5-9-6-15-17(3)7-9/h4,6-7H,5H2,1-3H3,(H2,12,13,14,16). The van der Waals surface area contributed by atoms with E-state index in [1.807, 2.05) is 26.4 Å². The van der Waals surface area contributed by atoms with E-state index in [1.54, 1.807) is 17.9 Å². The Bertz CT molecular complexity index is 504. The van der Waals surface area contributed by atoms with E-state index in [9.17, 15) is 0 Å². The molecular weight excluding hydrogens is 216 g/mol. The van der Waals surface area contributed by atoms with Gasteiger partial charge in [-0.25, -0.2) is 4.98 Å². The topological polar surface area (TPSA) is 67.7 Å². The van der Waals surface area contributed by atoms with E-state index in [0.29, 0.717) is 12.5 Å². The predicted octanol–water partition coefficient (Wildman–Crippen LogP) is 1.17. The lowest BCUT2D eigenvalue weighted by molar-refractivity contribution is 0.767. The molecule has 2 heterocycles. The Balaban J connectivity index is 2.07. The van der Waals surface area contributed by atoms with Gasteiger partial charge in [-0.05, 0) is 6.92 Å². The summed E-state index contributed by atoms with van der Waals surface area (Å²) in [6.45, 7) is 2.68. The van der Waals surface area contributed by atoms with Crippen LogP contribution in [0.25, 0.3) is 0 Å². The van der Waals surface area contributed by atoms with Crippen LogP contribution in [0.2, 0.25) is 0 Å². The minimum absolute atomic E-state index is 0.615. The molecule has 0 unspecified atom stereocenters. The molecule has 0 saturated heterocycles. The Morgan fingerprint density at radius 1 is 1.35 bits per heavy atom. The molecule has 0 spiro atoms. The number of aryl methyl sites for hydroxylation is 2. The highest BCUT2D eigenvalue weighted by atomic mass is 15.2. The SMILES string of the molecule is CNc1ncc(C)c(NCc2cnn(C)c2)n1. The fourth-order valence-corrected chi connectivity index (χ4v) is 1.49. The van der Waals surface area contributed by atoms with Crippen LogP contribution in [0, 0.1) is 6.92 Å². The van der Waals surface area contributed by atoms with Crippen molar-refractivity contribution >= 4 is 11.8 Å². The van der Waals surface area contributed by atoms with Gasteiger partial charge in [0.2, 0.25) is 5.95 Å². The number of anilines is 2. The molecule has 2 aromatic rings. The van der Waals surface area contributed by atoms with E-state index in [1.165, 1.54) is 0 Å². The van der Waals surface area contributed by atoms with Gasteiger partial charge in [0.25, 0.3) is 0 Å². The lowest BCUT2D eigenvalue weighted by Gasteiger charge is -2.08. The van der Waals surface area contributed by atoms with Crippen LogP contribution < -0.4 is 10.6 Å². The van der Waals surface area contributed by atoms with Gasteiger partial charge in [0.1, 0.15) is 5.82 Å². The zero-order valence-corrected chi connectivity index (χ0v) is 10.2. The van der Waals surface area contributed by atoms with Crippen molar-refractivity contribution in [2.45, 2.75) is 13.5 Å². The molecule has 6 heteroatoms. The smallest absolute Gasteiger partial charge is 0.224 e. The average Bonchev–Trinajstić information content (AvgIpc) is 2.74. The Morgan fingerprint density at radius 3 is 2.82 bits per heavy atom. The van der Waals surface area contributed by atoms with E-state index in [4.69, 9.17) is 0 Å². The highest BCUT2D eigenvalue weighted by Gasteiger charge is 2.03. The van der Waals surface area contributed by atoms with Crippen LogP contribution in [0.4, 0.5) is 11.8 Å². The van der Waals surface area contributed by atoms with Crippen LogP contribution in [0.3, 0.4) is 0 Å². The molecule has 2 N–H and O–H groups in total. The van der Waals surface area contributed by atoms with Gasteiger partial charge >= 0.3 is 0 Å². The maximum absolute atomic E-state index is 4.35. The van der Waals surface area contributed by atoms with Crippen molar-refractivity contribution in [1.29, 1.82) is 0 Å². The summed E-state index contributed by atoms with van der Waals surface area (Å²) >= 11 is 0. The van der Waals surface area contributed by atoms with Crippen LogP contribution in [0.5, 0.6) is 0 Å². The van der Waals surface area contributed by atoms with Crippen molar-refractivity contribution in [3.05, 3.63) is 29.7 Å². The summed E-state index contributed by atoms with van der Waals surface area (Å²) in [7, 11) is 3.70. The number of nitrogens with one attached hydrogen (secondary N) is 2. The molecule has 0 radical (unpaired) electrons. The summed E-state index contributed by atoms with van der Waals surface area (Å²) < 4.78 is 1.78. The predicted molar refractivity (Wildman–Crippen MR) is 66.9 cm³/mol. The molecule has 0 bridgehead atoms. The monoisotopic (exact) mass is 232 g/mol. The highest BCUT2D eigenvalue weighted by molar-refractivity contribution is 5.46. The summed E-state index contributed by atoms with van der Waals surface area (Å²) in [6.07, 6.45) is 5.61. The fourth-order valence-electron chi connectivity index (χ4n) is 1.49. The minimum Gasteiger partial charge on any atom is -0.365 e. The summed E-state index contributed by atoms with van der Waals surface area (Å²) in [4.78, 5) is 8.49. The number of hydrogen-bond donors (Lipinski definition) is 2. The molecule has 0 atom stereocenters. The second-order valence-corrected chi connectivity index (χ2v) is 3.85. The Labute approximate surface area is 100 Å². The first-order valence-corrected chi connectivity index (χ1v) is 5.42. The Hall–Kier alpha value is -2.11. The molecule has 6 nitrogen and oxygen atoms in total. The number of rotatable bonds is 4. The lowest BCUT2D eigenvalue weighted by atomic mass is 10.3. The second kappa shape index (κ2) is 4.82. The minimum atomic E-state index is 0.615. The summed E-state index contributed by atoms with van der Waals surface area (Å²) in [6, 6.07) is 0. The van der Waals surface area contributed by atoms with Crippen molar-refractivity contribution < 1.29 is 0 Å². The van der Waals surface area contributed by atoms with Gasteiger partial charge in [0, 0.05) is 44.2 Å². The van der Waals surface area contributed by atoms with Crippen molar-refractivity contribution in [3.63, 3.8) is 0 Å². The maximum atomic E-state index is 4.35. The Morgan fingerprint density at radius 2 is 2.18 bits per heavy atom. The quantitative estimate of drug-likeness (QED) is 0.828. The third-order valence-corrected chi connectivity index (χ3v) is 2.41. The molecule has 2 aromatic heterocycles. The van der Waals surface area contributed by atoms with E-state index in [-0.39, 0.29) is 0 Å². The molecule has 0 amide bonds. The van der Waals surface area contributed by atoms with Gasteiger partial charge in [-0.15, -0.1) is 0 Å². The molecule has 0 aromatic carbocycles. The molecule has 17 heavy (non-hydrogen) atoms. The molecule has 0 fully saturated rings. The molecule has 0 saturated carbocycles. The van der Waals surface area contributed by atoms with Crippen molar-refractivity contribution in [3.8, 4) is 0 Å². The van der Waals surface area contributed by atoms with Gasteiger partial charge in [-0.2, -0.15) is 10.1 Å². The second-order valence-electron chi connectivity index (χ2n) is 3.85. The molecule has 0 aliphatic rings. The molecule has 2 rings (SSSR count). The van der Waals surface area contributed by atoms with Crippen LogP contribution in [-0.2, 0) is 13.6 Å². The first-order valence-electron chi connectivity index (χ1n) is 5.42. The maximum Gasteiger partial charge on any atom is 0.224 e. The molecule has 90 valence electrons. The van der Waals surface area contributed by atoms with Crippen molar-refractivity contribution in [2.24, 2.45) is 7.05 Å². The summed E-state index contributed by atoms with van der Waals surface area (Å²) in [5.74, 6) is 1.46. The largest absolute Gasteiger partial charge is 0.365 e. The zero-order chi connectivity index (χ0) is 12.3. The van der Waals surface area contributed by atoms with Gasteiger partial charge in [0.15, 0.2) is 0 Å². The van der Waals surface area contributed by atoms with E-state index in [0.717, 1.165) is 16.9 Å². The number of hydrogen-bond acceptors (Lipinski definition) is 5. The third kappa shape index (κ3) is 2.72. The molecular formula is C11H16N6. The number of aromatic nitrogens is 4. The third-order valence-electron chi connectivity index (χ3n) is 2.41. The van der Waals surface area contributed by atoms with Gasteiger partial charge in [0.05, 0.1) is 6.20 Å². The normalized spacial score (nSPS) is 10.3.